The van der Waals surface area contributed by atoms with Crippen LogP contribution in [-0.2, 0) is 0 Å². The first-order valence-corrected chi connectivity index (χ1v) is 9.27. The maximum absolute atomic E-state index is 5.82. The summed E-state index contributed by atoms with van der Waals surface area (Å²) in [6.45, 7) is 4.00. The van der Waals surface area contributed by atoms with Crippen molar-refractivity contribution in [2.75, 3.05) is 0 Å². The average molecular weight is 415 g/mol. The molecule has 4 rings (SSSR count). The Labute approximate surface area is 172 Å². The largest absolute Gasteiger partial charge is 0.423 e. The molecule has 0 unspecified atom stereocenters. The average Bonchev–Trinajstić information content (AvgIpc) is 2.73. The standard InChI is InChI=1S/C18H10Cl2N4O2.C2H6/c19-12-7-21-17(22-8-12)25-14-5-1-3-11-4-2-6-15(16(11)14)26-18-23-9-13(20)10-24-18;1-2/h1-10H;1-2H3. The Morgan fingerprint density at radius 3 is 1.43 bits per heavy atom. The van der Waals surface area contributed by atoms with E-state index in [1.54, 1.807) is 12.1 Å². The third-order valence-electron chi connectivity index (χ3n) is 3.42. The monoisotopic (exact) mass is 414 g/mol. The molecule has 0 fully saturated rings. The second-order valence-corrected chi connectivity index (χ2v) is 6.06. The van der Waals surface area contributed by atoms with Gasteiger partial charge in [0.15, 0.2) is 0 Å². The number of halogens is 2. The molecule has 0 atom stereocenters. The Kier molecular flexibility index (Phi) is 6.57. The van der Waals surface area contributed by atoms with E-state index in [0.717, 1.165) is 10.8 Å². The Morgan fingerprint density at radius 1 is 0.643 bits per heavy atom. The number of ether oxygens (including phenoxy) is 2. The Bertz CT molecular complexity index is 976. The van der Waals surface area contributed by atoms with Crippen LogP contribution in [0.4, 0.5) is 0 Å². The molecular formula is C20H16Cl2N4O2. The van der Waals surface area contributed by atoms with Crippen molar-refractivity contribution in [2.24, 2.45) is 0 Å². The lowest BCUT2D eigenvalue weighted by Gasteiger charge is -2.11. The van der Waals surface area contributed by atoms with Gasteiger partial charge in [-0.25, -0.2) is 19.9 Å². The summed E-state index contributed by atoms with van der Waals surface area (Å²) >= 11 is 11.6. The molecule has 0 bridgehead atoms. The lowest BCUT2D eigenvalue weighted by Crippen LogP contribution is -1.95. The van der Waals surface area contributed by atoms with E-state index in [9.17, 15) is 0 Å². The van der Waals surface area contributed by atoms with Crippen molar-refractivity contribution in [1.82, 2.24) is 19.9 Å². The van der Waals surface area contributed by atoms with Crippen LogP contribution < -0.4 is 9.47 Å². The minimum absolute atomic E-state index is 0.180. The Balaban J connectivity index is 0.00000109. The van der Waals surface area contributed by atoms with Crippen LogP contribution in [0.2, 0.25) is 10.0 Å². The highest BCUT2D eigenvalue weighted by atomic mass is 35.5. The van der Waals surface area contributed by atoms with E-state index in [0.29, 0.717) is 21.5 Å². The van der Waals surface area contributed by atoms with Crippen molar-refractivity contribution in [3.05, 3.63) is 71.2 Å². The molecule has 2 aromatic heterocycles. The predicted molar refractivity (Wildman–Crippen MR) is 110 cm³/mol. The lowest BCUT2D eigenvalue weighted by atomic mass is 10.1. The summed E-state index contributed by atoms with van der Waals surface area (Å²) < 4.78 is 11.6. The first-order chi connectivity index (χ1) is 13.7. The fraction of sp³-hybridized carbons (Fsp3) is 0.100. The highest BCUT2D eigenvalue weighted by molar-refractivity contribution is 6.30. The molecule has 0 aliphatic rings. The zero-order chi connectivity index (χ0) is 19.9. The van der Waals surface area contributed by atoms with E-state index in [4.69, 9.17) is 32.7 Å². The zero-order valence-corrected chi connectivity index (χ0v) is 16.6. The molecule has 2 aromatic carbocycles. The molecule has 0 spiro atoms. The summed E-state index contributed by atoms with van der Waals surface area (Å²) in [5.41, 5.74) is 0. The second kappa shape index (κ2) is 9.30. The number of aromatic nitrogens is 4. The minimum atomic E-state index is 0.180. The molecule has 8 heteroatoms. The van der Waals surface area contributed by atoms with E-state index in [1.165, 1.54) is 24.8 Å². The topological polar surface area (TPSA) is 70.0 Å². The summed E-state index contributed by atoms with van der Waals surface area (Å²) in [5.74, 6) is 1.07. The quantitative estimate of drug-likeness (QED) is 0.388. The molecule has 4 aromatic rings. The van der Waals surface area contributed by atoms with Crippen molar-refractivity contribution in [1.29, 1.82) is 0 Å². The first-order valence-electron chi connectivity index (χ1n) is 8.51. The molecule has 0 amide bonds. The van der Waals surface area contributed by atoms with Gasteiger partial charge in [-0.15, -0.1) is 0 Å². The zero-order valence-electron chi connectivity index (χ0n) is 15.1. The van der Waals surface area contributed by atoms with E-state index in [1.807, 2.05) is 38.1 Å². The number of nitrogens with zero attached hydrogens (tertiary/aromatic N) is 4. The summed E-state index contributed by atoms with van der Waals surface area (Å²) in [6, 6.07) is 11.6. The Morgan fingerprint density at radius 2 is 1.04 bits per heavy atom. The van der Waals surface area contributed by atoms with E-state index in [2.05, 4.69) is 19.9 Å². The van der Waals surface area contributed by atoms with E-state index in [-0.39, 0.29) is 12.0 Å². The number of hydrogen-bond donors (Lipinski definition) is 0. The van der Waals surface area contributed by atoms with E-state index >= 15 is 0 Å². The van der Waals surface area contributed by atoms with Gasteiger partial charge in [-0.3, -0.25) is 0 Å². The number of rotatable bonds is 4. The van der Waals surface area contributed by atoms with Gasteiger partial charge in [-0.1, -0.05) is 61.3 Å². The van der Waals surface area contributed by atoms with Crippen molar-refractivity contribution >= 4 is 34.0 Å². The number of benzene rings is 2. The molecular weight excluding hydrogens is 399 g/mol. The van der Waals surface area contributed by atoms with Crippen LogP contribution in [0, 0.1) is 0 Å². The van der Waals surface area contributed by atoms with Crippen LogP contribution in [0.25, 0.3) is 10.8 Å². The smallest absolute Gasteiger partial charge is 0.321 e. The van der Waals surface area contributed by atoms with Crippen LogP contribution >= 0.6 is 23.2 Å². The summed E-state index contributed by atoms with van der Waals surface area (Å²) in [4.78, 5) is 16.2. The molecule has 0 saturated carbocycles. The summed E-state index contributed by atoms with van der Waals surface area (Å²) in [7, 11) is 0. The van der Waals surface area contributed by atoms with Gasteiger partial charge >= 0.3 is 12.0 Å². The van der Waals surface area contributed by atoms with Gasteiger partial charge in [-0.2, -0.15) is 0 Å². The highest BCUT2D eigenvalue weighted by Crippen LogP contribution is 2.37. The van der Waals surface area contributed by atoms with Crippen molar-refractivity contribution in [3.63, 3.8) is 0 Å². The molecule has 142 valence electrons. The van der Waals surface area contributed by atoms with Crippen molar-refractivity contribution < 1.29 is 9.47 Å². The molecule has 0 aliphatic heterocycles. The number of hydrogen-bond acceptors (Lipinski definition) is 6. The normalized spacial score (nSPS) is 10.1. The van der Waals surface area contributed by atoms with Gasteiger partial charge in [0.2, 0.25) is 0 Å². The SMILES string of the molecule is CC.Clc1cnc(Oc2cccc3cccc(Oc4ncc(Cl)cn4)c23)nc1. The third kappa shape index (κ3) is 4.65. The molecule has 2 heterocycles. The lowest BCUT2D eigenvalue weighted by molar-refractivity contribution is 0.432. The highest BCUT2D eigenvalue weighted by Gasteiger charge is 2.12. The first kappa shape index (κ1) is 19.8. The second-order valence-electron chi connectivity index (χ2n) is 5.18. The van der Waals surface area contributed by atoms with Gasteiger partial charge in [0.05, 0.1) is 40.2 Å². The molecule has 0 N–H and O–H groups in total. The molecule has 28 heavy (non-hydrogen) atoms. The van der Waals surface area contributed by atoms with Crippen LogP contribution in [0.3, 0.4) is 0 Å². The van der Waals surface area contributed by atoms with Crippen LogP contribution in [-0.4, -0.2) is 19.9 Å². The maximum atomic E-state index is 5.82. The minimum Gasteiger partial charge on any atom is -0.423 e. The summed E-state index contributed by atoms with van der Waals surface area (Å²) in [6.07, 6.45) is 5.87. The van der Waals surface area contributed by atoms with Crippen LogP contribution in [0.1, 0.15) is 13.8 Å². The number of fused-ring (bicyclic) bond motifs is 1. The van der Waals surface area contributed by atoms with Gasteiger partial charge < -0.3 is 9.47 Å². The summed E-state index contributed by atoms with van der Waals surface area (Å²) in [5, 5.41) is 2.52. The molecule has 0 radical (unpaired) electrons. The van der Waals surface area contributed by atoms with Crippen LogP contribution in [0.15, 0.2) is 61.2 Å². The maximum Gasteiger partial charge on any atom is 0.321 e. The third-order valence-corrected chi connectivity index (χ3v) is 3.81. The fourth-order valence-corrected chi connectivity index (χ4v) is 2.54. The van der Waals surface area contributed by atoms with E-state index < -0.39 is 0 Å². The molecule has 0 saturated heterocycles. The molecule has 0 aliphatic carbocycles. The van der Waals surface area contributed by atoms with Gasteiger partial charge in [0.25, 0.3) is 0 Å². The predicted octanol–water partition coefficient (Wildman–Crippen LogP) is 6.34. The van der Waals surface area contributed by atoms with Crippen molar-refractivity contribution in [2.45, 2.75) is 13.8 Å². The Hall–Kier alpha value is -2.96. The fourth-order valence-electron chi connectivity index (χ4n) is 2.35. The van der Waals surface area contributed by atoms with Gasteiger partial charge in [0, 0.05) is 0 Å². The van der Waals surface area contributed by atoms with Gasteiger partial charge in [-0.05, 0) is 17.5 Å². The van der Waals surface area contributed by atoms with Gasteiger partial charge in [0.1, 0.15) is 11.5 Å². The molecule has 6 nitrogen and oxygen atoms in total. The van der Waals surface area contributed by atoms with Crippen molar-refractivity contribution in [3.8, 4) is 23.5 Å². The van der Waals surface area contributed by atoms with Crippen LogP contribution in [0.5, 0.6) is 23.5 Å².